The number of aromatic nitrogens is 1. The molecule has 138 valence electrons. The molecule has 1 saturated carbocycles. The van der Waals surface area contributed by atoms with Crippen molar-refractivity contribution in [2.75, 3.05) is 19.8 Å². The average Bonchev–Trinajstić information content (AvgIpc) is 3.24. The smallest absolute Gasteiger partial charge is 0.410 e. The van der Waals surface area contributed by atoms with Crippen LogP contribution in [-0.2, 0) is 4.74 Å². The van der Waals surface area contributed by atoms with Crippen LogP contribution in [0, 0.1) is 5.92 Å². The number of hydrogen-bond acceptors (Lipinski definition) is 4. The van der Waals surface area contributed by atoms with E-state index in [0.29, 0.717) is 37.2 Å². The van der Waals surface area contributed by atoms with Gasteiger partial charge < -0.3 is 14.4 Å². The van der Waals surface area contributed by atoms with E-state index in [1.807, 2.05) is 33.0 Å². The molecule has 1 saturated heterocycles. The Hall–Kier alpha value is -1.85. The van der Waals surface area contributed by atoms with Gasteiger partial charge in [0.05, 0.1) is 18.9 Å². The zero-order valence-electron chi connectivity index (χ0n) is 15.2. The van der Waals surface area contributed by atoms with E-state index in [4.69, 9.17) is 9.47 Å². The van der Waals surface area contributed by atoms with Crippen LogP contribution in [0.1, 0.15) is 51.5 Å². The van der Waals surface area contributed by atoms with Gasteiger partial charge in [0.15, 0.2) is 0 Å². The first-order chi connectivity index (χ1) is 11.9. The van der Waals surface area contributed by atoms with Gasteiger partial charge in [-0.3, -0.25) is 9.37 Å². The van der Waals surface area contributed by atoms with Gasteiger partial charge in [-0.05, 0) is 63.5 Å². The predicted molar refractivity (Wildman–Crippen MR) is 92.5 cm³/mol. The van der Waals surface area contributed by atoms with Crippen molar-refractivity contribution in [3.63, 3.8) is 0 Å². The Kier molecular flexibility index (Phi) is 5.16. The zero-order chi connectivity index (χ0) is 18.0. The fourth-order valence-corrected chi connectivity index (χ4v) is 3.20. The second kappa shape index (κ2) is 7.18. The number of halogens is 1. The van der Waals surface area contributed by atoms with Crippen molar-refractivity contribution in [1.82, 2.24) is 9.88 Å². The summed E-state index contributed by atoms with van der Waals surface area (Å²) in [5, 5.41) is 0. The zero-order valence-corrected chi connectivity index (χ0v) is 15.2. The molecule has 1 aromatic rings. The third-order valence-electron chi connectivity index (χ3n) is 4.78. The quantitative estimate of drug-likeness (QED) is 0.780. The first-order valence-electron chi connectivity index (χ1n) is 9.00. The fraction of sp³-hybridized carbons (Fsp3) is 0.684. The first-order valence-corrected chi connectivity index (χ1v) is 9.00. The standard InChI is InChI=1S/C19H27FN2O3/c1-19(2,3)25-18(23)22-7-5-15(22)12-24-16-8-14(10-21-11-16)17-9-13(17)4-6-20/h8,10-11,13,15,17H,4-7,9,12H2,1-3H3/t13-,15+,17?/m1/s1. The number of amides is 1. The number of alkyl halides is 1. The lowest BCUT2D eigenvalue weighted by atomic mass is 10.1. The lowest BCUT2D eigenvalue weighted by Gasteiger charge is -2.40. The highest BCUT2D eigenvalue weighted by atomic mass is 19.1. The van der Waals surface area contributed by atoms with E-state index in [1.165, 1.54) is 0 Å². The van der Waals surface area contributed by atoms with Crippen molar-refractivity contribution in [1.29, 1.82) is 0 Å². The molecule has 0 spiro atoms. The summed E-state index contributed by atoms with van der Waals surface area (Å²) < 4.78 is 23.7. The summed E-state index contributed by atoms with van der Waals surface area (Å²) in [6, 6.07) is 2.03. The van der Waals surface area contributed by atoms with Crippen LogP contribution in [-0.4, -0.2) is 47.4 Å². The van der Waals surface area contributed by atoms with Crippen LogP contribution in [0.2, 0.25) is 0 Å². The molecule has 1 unspecified atom stereocenters. The van der Waals surface area contributed by atoms with Crippen LogP contribution >= 0.6 is 0 Å². The van der Waals surface area contributed by atoms with Crippen molar-refractivity contribution < 1.29 is 18.7 Å². The van der Waals surface area contributed by atoms with E-state index in [1.54, 1.807) is 11.1 Å². The molecule has 3 atom stereocenters. The van der Waals surface area contributed by atoms with Gasteiger partial charge in [0, 0.05) is 12.7 Å². The van der Waals surface area contributed by atoms with Gasteiger partial charge in [-0.1, -0.05) is 0 Å². The summed E-state index contributed by atoms with van der Waals surface area (Å²) in [7, 11) is 0. The molecule has 2 heterocycles. The fourth-order valence-electron chi connectivity index (χ4n) is 3.20. The molecule has 1 aromatic heterocycles. The number of nitrogens with zero attached hydrogens (tertiary/aromatic N) is 2. The summed E-state index contributed by atoms with van der Waals surface area (Å²) in [5.74, 6) is 1.56. The minimum absolute atomic E-state index is 0.0405. The van der Waals surface area contributed by atoms with Crippen LogP contribution in [0.15, 0.2) is 18.5 Å². The minimum Gasteiger partial charge on any atom is -0.490 e. The van der Waals surface area contributed by atoms with E-state index in [0.717, 1.165) is 18.4 Å². The maximum Gasteiger partial charge on any atom is 0.410 e. The number of carbonyl (C=O) groups is 1. The molecular weight excluding hydrogens is 323 g/mol. The molecule has 5 nitrogen and oxygen atoms in total. The minimum atomic E-state index is -0.489. The molecule has 1 aliphatic heterocycles. The first kappa shape index (κ1) is 18.0. The van der Waals surface area contributed by atoms with Gasteiger partial charge in [0.25, 0.3) is 0 Å². The van der Waals surface area contributed by atoms with Gasteiger partial charge >= 0.3 is 6.09 Å². The van der Waals surface area contributed by atoms with E-state index in [-0.39, 0.29) is 18.8 Å². The monoisotopic (exact) mass is 350 g/mol. The molecule has 6 heteroatoms. The Balaban J connectivity index is 1.50. The number of pyridine rings is 1. The summed E-state index contributed by atoms with van der Waals surface area (Å²) >= 11 is 0. The SMILES string of the molecule is CC(C)(C)OC(=O)N1CC[C@H]1COc1cncc(C2C[C@H]2CCF)c1. The van der Waals surface area contributed by atoms with E-state index in [9.17, 15) is 9.18 Å². The van der Waals surface area contributed by atoms with Crippen molar-refractivity contribution >= 4 is 6.09 Å². The predicted octanol–water partition coefficient (Wildman–Crippen LogP) is 3.93. The summed E-state index contributed by atoms with van der Waals surface area (Å²) in [5.41, 5.74) is 0.630. The summed E-state index contributed by atoms with van der Waals surface area (Å²) in [6.45, 7) is 6.47. The summed E-state index contributed by atoms with van der Waals surface area (Å²) in [6.07, 6.45) is 5.81. The molecule has 2 fully saturated rings. The van der Waals surface area contributed by atoms with E-state index >= 15 is 0 Å². The molecule has 25 heavy (non-hydrogen) atoms. The van der Waals surface area contributed by atoms with E-state index in [2.05, 4.69) is 4.98 Å². The molecule has 2 aliphatic rings. The Labute approximate surface area is 148 Å². The Morgan fingerprint density at radius 3 is 2.84 bits per heavy atom. The highest BCUT2D eigenvalue weighted by Crippen LogP contribution is 2.49. The maximum atomic E-state index is 12.4. The number of carbonyl (C=O) groups excluding carboxylic acids is 1. The molecule has 0 radical (unpaired) electrons. The largest absolute Gasteiger partial charge is 0.490 e. The van der Waals surface area contributed by atoms with Gasteiger partial charge in [0.2, 0.25) is 0 Å². The number of ether oxygens (including phenoxy) is 2. The van der Waals surface area contributed by atoms with Gasteiger partial charge in [0.1, 0.15) is 18.0 Å². The molecule has 3 rings (SSSR count). The molecule has 0 bridgehead atoms. The van der Waals surface area contributed by atoms with Gasteiger partial charge in [-0.15, -0.1) is 0 Å². The topological polar surface area (TPSA) is 51.7 Å². The lowest BCUT2D eigenvalue weighted by molar-refractivity contribution is -0.0141. The van der Waals surface area contributed by atoms with Crippen molar-refractivity contribution in [3.8, 4) is 5.75 Å². The second-order valence-corrected chi connectivity index (χ2v) is 7.96. The third kappa shape index (κ3) is 4.61. The molecule has 1 aliphatic carbocycles. The Morgan fingerprint density at radius 2 is 2.20 bits per heavy atom. The maximum absolute atomic E-state index is 12.4. The Bertz CT molecular complexity index is 617. The van der Waals surface area contributed by atoms with E-state index < -0.39 is 5.60 Å². The highest BCUT2D eigenvalue weighted by Gasteiger charge is 2.38. The van der Waals surface area contributed by atoms with Crippen LogP contribution in [0.4, 0.5) is 9.18 Å². The highest BCUT2D eigenvalue weighted by molar-refractivity contribution is 5.69. The third-order valence-corrected chi connectivity index (χ3v) is 4.78. The van der Waals surface area contributed by atoms with Crippen molar-refractivity contribution in [2.45, 2.75) is 57.6 Å². The molecule has 0 aromatic carbocycles. The Morgan fingerprint density at radius 1 is 1.40 bits per heavy atom. The lowest BCUT2D eigenvalue weighted by Crippen LogP contribution is -2.55. The van der Waals surface area contributed by atoms with Gasteiger partial charge in [-0.2, -0.15) is 0 Å². The van der Waals surface area contributed by atoms with Crippen LogP contribution in [0.25, 0.3) is 0 Å². The van der Waals surface area contributed by atoms with Crippen molar-refractivity contribution in [2.24, 2.45) is 5.92 Å². The molecular formula is C19H27FN2O3. The normalized spacial score (nSPS) is 25.3. The second-order valence-electron chi connectivity index (χ2n) is 7.96. The van der Waals surface area contributed by atoms with Crippen molar-refractivity contribution in [3.05, 3.63) is 24.0 Å². The average molecular weight is 350 g/mol. The number of likely N-dealkylation sites (tertiary alicyclic amines) is 1. The molecule has 0 N–H and O–H groups in total. The number of rotatable bonds is 6. The van der Waals surface area contributed by atoms with Crippen LogP contribution < -0.4 is 4.74 Å². The molecule has 1 amide bonds. The summed E-state index contributed by atoms with van der Waals surface area (Å²) in [4.78, 5) is 18.1. The van der Waals surface area contributed by atoms with Gasteiger partial charge in [-0.25, -0.2) is 4.79 Å². The van der Waals surface area contributed by atoms with Crippen LogP contribution in [0.5, 0.6) is 5.75 Å². The number of hydrogen-bond donors (Lipinski definition) is 0. The van der Waals surface area contributed by atoms with Crippen LogP contribution in [0.3, 0.4) is 0 Å².